The third-order valence-corrected chi connectivity index (χ3v) is 3.24. The van der Waals surface area contributed by atoms with Crippen LogP contribution in [0.5, 0.6) is 5.75 Å². The van der Waals surface area contributed by atoms with Crippen LogP contribution in [0.2, 0.25) is 0 Å². The molecule has 1 aromatic rings. The standard InChI is InChI=1S/C17H27NO3/c1-5-18-16(17(19)20-6-2)11-12-21-15-9-7-14(8-10-15)13(3)4/h7-10,13,16,18H,5-6,11-12H2,1-4H3. The second kappa shape index (κ2) is 9.40. The number of rotatable bonds is 9. The second-order valence-corrected chi connectivity index (χ2v) is 5.22. The van der Waals surface area contributed by atoms with Crippen molar-refractivity contribution >= 4 is 5.97 Å². The van der Waals surface area contributed by atoms with E-state index in [1.165, 1.54) is 5.56 Å². The molecule has 0 aliphatic heterocycles. The van der Waals surface area contributed by atoms with E-state index >= 15 is 0 Å². The molecule has 1 unspecified atom stereocenters. The smallest absolute Gasteiger partial charge is 0.323 e. The van der Waals surface area contributed by atoms with Gasteiger partial charge in [-0.2, -0.15) is 0 Å². The molecule has 1 aromatic carbocycles. The van der Waals surface area contributed by atoms with E-state index in [2.05, 4.69) is 31.3 Å². The zero-order chi connectivity index (χ0) is 15.7. The number of nitrogens with one attached hydrogen (secondary N) is 1. The van der Waals surface area contributed by atoms with Gasteiger partial charge in [0.2, 0.25) is 0 Å². The Morgan fingerprint density at radius 1 is 1.19 bits per heavy atom. The Morgan fingerprint density at radius 2 is 1.86 bits per heavy atom. The summed E-state index contributed by atoms with van der Waals surface area (Å²) in [6.07, 6.45) is 0.596. The topological polar surface area (TPSA) is 47.6 Å². The molecule has 0 saturated carbocycles. The number of likely N-dealkylation sites (N-methyl/N-ethyl adjacent to an activating group) is 1. The maximum absolute atomic E-state index is 11.8. The van der Waals surface area contributed by atoms with E-state index in [9.17, 15) is 4.79 Å². The quantitative estimate of drug-likeness (QED) is 0.711. The van der Waals surface area contributed by atoms with E-state index in [1.807, 2.05) is 26.0 Å². The van der Waals surface area contributed by atoms with Gasteiger partial charge in [-0.1, -0.05) is 32.9 Å². The lowest BCUT2D eigenvalue weighted by atomic mass is 10.0. The Labute approximate surface area is 127 Å². The van der Waals surface area contributed by atoms with Crippen molar-refractivity contribution in [3.8, 4) is 5.75 Å². The summed E-state index contributed by atoms with van der Waals surface area (Å²) in [5.74, 6) is 1.14. The molecule has 0 radical (unpaired) electrons. The summed E-state index contributed by atoms with van der Waals surface area (Å²) in [4.78, 5) is 11.8. The van der Waals surface area contributed by atoms with Crippen LogP contribution in [0.1, 0.15) is 45.6 Å². The van der Waals surface area contributed by atoms with Gasteiger partial charge in [0.1, 0.15) is 11.8 Å². The molecule has 0 aromatic heterocycles. The summed E-state index contributed by atoms with van der Waals surface area (Å²) in [7, 11) is 0. The van der Waals surface area contributed by atoms with Crippen LogP contribution in [0.3, 0.4) is 0 Å². The number of carbonyl (C=O) groups excluding carboxylic acids is 1. The molecule has 0 bridgehead atoms. The van der Waals surface area contributed by atoms with Crippen molar-refractivity contribution in [2.24, 2.45) is 0 Å². The summed E-state index contributed by atoms with van der Waals surface area (Å²) >= 11 is 0. The highest BCUT2D eigenvalue weighted by atomic mass is 16.5. The van der Waals surface area contributed by atoms with Gasteiger partial charge in [0.05, 0.1) is 13.2 Å². The molecule has 1 N–H and O–H groups in total. The fourth-order valence-electron chi connectivity index (χ4n) is 2.04. The van der Waals surface area contributed by atoms with Crippen molar-refractivity contribution in [3.05, 3.63) is 29.8 Å². The van der Waals surface area contributed by atoms with E-state index in [0.29, 0.717) is 25.6 Å². The Balaban J connectivity index is 2.44. The predicted octanol–water partition coefficient (Wildman–Crippen LogP) is 3.12. The average Bonchev–Trinajstić information content (AvgIpc) is 2.47. The van der Waals surface area contributed by atoms with Gasteiger partial charge >= 0.3 is 5.97 Å². The summed E-state index contributed by atoms with van der Waals surface area (Å²) in [6.45, 7) is 9.72. The number of hydrogen-bond acceptors (Lipinski definition) is 4. The molecule has 0 fully saturated rings. The van der Waals surface area contributed by atoms with Crippen LogP contribution in [0, 0.1) is 0 Å². The SMILES string of the molecule is CCNC(CCOc1ccc(C(C)C)cc1)C(=O)OCC. The van der Waals surface area contributed by atoms with E-state index in [1.54, 1.807) is 0 Å². The zero-order valence-corrected chi connectivity index (χ0v) is 13.5. The lowest BCUT2D eigenvalue weighted by Crippen LogP contribution is -2.39. The van der Waals surface area contributed by atoms with Gasteiger partial charge in [0.25, 0.3) is 0 Å². The number of hydrogen-bond donors (Lipinski definition) is 1. The molecular formula is C17H27NO3. The molecule has 0 saturated heterocycles. The average molecular weight is 293 g/mol. The molecule has 4 heteroatoms. The summed E-state index contributed by atoms with van der Waals surface area (Å²) in [6, 6.07) is 7.80. The molecule has 0 aliphatic carbocycles. The van der Waals surface area contributed by atoms with Gasteiger partial charge in [0, 0.05) is 6.42 Å². The lowest BCUT2D eigenvalue weighted by Gasteiger charge is -2.16. The summed E-state index contributed by atoms with van der Waals surface area (Å²) in [5.41, 5.74) is 1.29. The van der Waals surface area contributed by atoms with Crippen molar-refractivity contribution < 1.29 is 14.3 Å². The van der Waals surface area contributed by atoms with Crippen molar-refractivity contribution in [2.75, 3.05) is 19.8 Å². The number of ether oxygens (including phenoxy) is 2. The number of esters is 1. The van der Waals surface area contributed by atoms with E-state index < -0.39 is 0 Å². The van der Waals surface area contributed by atoms with Crippen LogP contribution in [0.15, 0.2) is 24.3 Å². The molecule has 1 atom stereocenters. The summed E-state index contributed by atoms with van der Waals surface area (Å²) in [5, 5.41) is 3.12. The minimum absolute atomic E-state index is 0.210. The van der Waals surface area contributed by atoms with Gasteiger partial charge in [-0.3, -0.25) is 4.79 Å². The third kappa shape index (κ3) is 6.17. The first kappa shape index (κ1) is 17.5. The van der Waals surface area contributed by atoms with Crippen molar-refractivity contribution in [3.63, 3.8) is 0 Å². The molecule has 21 heavy (non-hydrogen) atoms. The number of benzene rings is 1. The van der Waals surface area contributed by atoms with E-state index in [0.717, 1.165) is 12.3 Å². The van der Waals surface area contributed by atoms with Gasteiger partial charge < -0.3 is 14.8 Å². The molecule has 118 valence electrons. The maximum Gasteiger partial charge on any atom is 0.323 e. The van der Waals surface area contributed by atoms with Crippen LogP contribution < -0.4 is 10.1 Å². The minimum atomic E-state index is -0.301. The first-order chi connectivity index (χ1) is 10.1. The molecule has 1 rings (SSSR count). The predicted molar refractivity (Wildman–Crippen MR) is 84.7 cm³/mol. The molecular weight excluding hydrogens is 266 g/mol. The Hall–Kier alpha value is -1.55. The molecule has 0 heterocycles. The van der Waals surface area contributed by atoms with Crippen LogP contribution in [0.25, 0.3) is 0 Å². The van der Waals surface area contributed by atoms with Gasteiger partial charge in [-0.15, -0.1) is 0 Å². The minimum Gasteiger partial charge on any atom is -0.494 e. The Bertz CT molecular complexity index is 415. The van der Waals surface area contributed by atoms with Crippen molar-refractivity contribution in [1.82, 2.24) is 5.32 Å². The zero-order valence-electron chi connectivity index (χ0n) is 13.5. The normalized spacial score (nSPS) is 12.2. The second-order valence-electron chi connectivity index (χ2n) is 5.22. The highest BCUT2D eigenvalue weighted by Crippen LogP contribution is 2.18. The van der Waals surface area contributed by atoms with Crippen LogP contribution in [-0.4, -0.2) is 31.8 Å². The lowest BCUT2D eigenvalue weighted by molar-refractivity contribution is -0.146. The van der Waals surface area contributed by atoms with Crippen LogP contribution in [0.4, 0.5) is 0 Å². The largest absolute Gasteiger partial charge is 0.494 e. The molecule has 4 nitrogen and oxygen atoms in total. The van der Waals surface area contributed by atoms with E-state index in [-0.39, 0.29) is 12.0 Å². The van der Waals surface area contributed by atoms with Crippen LogP contribution >= 0.6 is 0 Å². The number of carbonyl (C=O) groups is 1. The van der Waals surface area contributed by atoms with E-state index in [4.69, 9.17) is 9.47 Å². The van der Waals surface area contributed by atoms with Crippen molar-refractivity contribution in [1.29, 1.82) is 0 Å². The third-order valence-electron chi connectivity index (χ3n) is 3.24. The Kier molecular flexibility index (Phi) is 7.83. The molecule has 0 aliphatic rings. The van der Waals surface area contributed by atoms with Crippen molar-refractivity contribution in [2.45, 2.75) is 46.1 Å². The highest BCUT2D eigenvalue weighted by molar-refractivity contribution is 5.75. The fourth-order valence-corrected chi connectivity index (χ4v) is 2.04. The van der Waals surface area contributed by atoms with Gasteiger partial charge in [0.15, 0.2) is 0 Å². The first-order valence-corrected chi connectivity index (χ1v) is 7.71. The molecule has 0 spiro atoms. The Morgan fingerprint density at radius 3 is 2.38 bits per heavy atom. The van der Waals surface area contributed by atoms with Gasteiger partial charge in [-0.25, -0.2) is 0 Å². The first-order valence-electron chi connectivity index (χ1n) is 7.71. The van der Waals surface area contributed by atoms with Gasteiger partial charge in [-0.05, 0) is 37.1 Å². The van der Waals surface area contributed by atoms with Crippen LogP contribution in [-0.2, 0) is 9.53 Å². The highest BCUT2D eigenvalue weighted by Gasteiger charge is 2.18. The summed E-state index contributed by atoms with van der Waals surface area (Å²) < 4.78 is 10.7. The monoisotopic (exact) mass is 293 g/mol. The fraction of sp³-hybridized carbons (Fsp3) is 0.588. The maximum atomic E-state index is 11.8. The molecule has 0 amide bonds.